The molecule has 0 atom stereocenters. The van der Waals surface area contributed by atoms with Gasteiger partial charge < -0.3 is 10.2 Å². The first-order chi connectivity index (χ1) is 17.7. The van der Waals surface area contributed by atoms with Gasteiger partial charge in [-0.3, -0.25) is 9.78 Å². The van der Waals surface area contributed by atoms with Gasteiger partial charge in [0.15, 0.2) is 0 Å². The number of nitrogens with one attached hydrogen (secondary N) is 1. The lowest BCUT2D eigenvalue weighted by molar-refractivity contribution is -0.134. The zero-order valence-electron chi connectivity index (χ0n) is 21.4. The van der Waals surface area contributed by atoms with Crippen molar-refractivity contribution in [2.75, 3.05) is 19.6 Å². The van der Waals surface area contributed by atoms with Crippen molar-refractivity contribution in [1.82, 2.24) is 25.2 Å². The second-order valence-electron chi connectivity index (χ2n) is 10.3. The van der Waals surface area contributed by atoms with E-state index in [2.05, 4.69) is 25.2 Å². The monoisotopic (exact) mass is 515 g/mol. The maximum absolute atomic E-state index is 12.6. The Balaban J connectivity index is 1.15. The molecule has 1 aliphatic heterocycles. The third-order valence-corrected chi connectivity index (χ3v) is 7.43. The molecule has 200 valence electrons. The highest BCUT2D eigenvalue weighted by Crippen LogP contribution is 2.28. The first-order valence-corrected chi connectivity index (χ1v) is 13.3. The van der Waals surface area contributed by atoms with Crippen molar-refractivity contribution in [3.63, 3.8) is 0 Å². The number of carbonyl (C=O) groups excluding carboxylic acids is 1. The number of aryl methyl sites for hydroxylation is 2. The van der Waals surface area contributed by atoms with E-state index in [1.807, 2.05) is 13.0 Å². The number of fused-ring (bicyclic) bond motifs is 1. The molecule has 0 unspecified atom stereocenters. The number of alkyl halides is 3. The number of aromatic nitrogens is 3. The molecule has 2 aliphatic rings. The van der Waals surface area contributed by atoms with Crippen molar-refractivity contribution in [3.8, 4) is 0 Å². The molecule has 0 bridgehead atoms. The van der Waals surface area contributed by atoms with Crippen LogP contribution in [0.3, 0.4) is 0 Å². The average Bonchev–Trinajstić information content (AvgIpc) is 3.08. The van der Waals surface area contributed by atoms with Crippen LogP contribution >= 0.6 is 0 Å². The fourth-order valence-corrected chi connectivity index (χ4v) is 5.18. The van der Waals surface area contributed by atoms with E-state index < -0.39 is 12.6 Å². The predicted molar refractivity (Wildman–Crippen MR) is 137 cm³/mol. The standard InChI is InChI=1S/C28H36F3N5O/c1-20-32-18-22(19-33-20)4-9-27(37)35-24-6-2-21(3-7-24)11-15-36-16-12-23-5-8-25(10-14-28(29,30)31)34-26(23)13-17-36/h4-5,8-9,18-19,21,24H,2-3,6-7,10-17H2,1H3,(H,35,37)/b9-4+. The second-order valence-corrected chi connectivity index (χ2v) is 10.3. The van der Waals surface area contributed by atoms with Gasteiger partial charge in [-0.25, -0.2) is 9.97 Å². The Kier molecular flexibility index (Phi) is 9.29. The second kappa shape index (κ2) is 12.6. The Morgan fingerprint density at radius 2 is 1.84 bits per heavy atom. The number of hydrogen-bond donors (Lipinski definition) is 1. The lowest BCUT2D eigenvalue weighted by Gasteiger charge is -2.30. The van der Waals surface area contributed by atoms with Crippen LogP contribution in [0.15, 0.2) is 30.6 Å². The molecule has 3 heterocycles. The Morgan fingerprint density at radius 1 is 1.11 bits per heavy atom. The number of hydrogen-bond acceptors (Lipinski definition) is 5. The average molecular weight is 516 g/mol. The molecule has 1 amide bonds. The van der Waals surface area contributed by atoms with Crippen molar-refractivity contribution < 1.29 is 18.0 Å². The van der Waals surface area contributed by atoms with Crippen LogP contribution in [-0.4, -0.2) is 57.6 Å². The molecule has 0 spiro atoms. The highest BCUT2D eigenvalue weighted by molar-refractivity contribution is 5.91. The van der Waals surface area contributed by atoms with Crippen LogP contribution in [0.2, 0.25) is 0 Å². The van der Waals surface area contributed by atoms with E-state index in [1.54, 1.807) is 30.6 Å². The van der Waals surface area contributed by atoms with E-state index in [4.69, 9.17) is 0 Å². The Hall–Kier alpha value is -2.81. The van der Waals surface area contributed by atoms with Crippen molar-refractivity contribution in [3.05, 3.63) is 58.9 Å². The maximum Gasteiger partial charge on any atom is 0.389 e. The topological polar surface area (TPSA) is 71.0 Å². The number of pyridine rings is 1. The summed E-state index contributed by atoms with van der Waals surface area (Å²) in [4.78, 5) is 27.6. The number of carbonyl (C=O) groups is 1. The molecule has 0 radical (unpaired) electrons. The molecule has 37 heavy (non-hydrogen) atoms. The van der Waals surface area contributed by atoms with E-state index in [0.29, 0.717) is 17.4 Å². The van der Waals surface area contributed by atoms with Crippen molar-refractivity contribution >= 4 is 12.0 Å². The SMILES string of the molecule is Cc1ncc(/C=C/C(=O)NC2CCC(CCN3CCc4ccc(CCC(F)(F)F)nc4CC3)CC2)cn1. The highest BCUT2D eigenvalue weighted by atomic mass is 19.4. The molecule has 0 aromatic carbocycles. The minimum absolute atomic E-state index is 0.0540. The van der Waals surface area contributed by atoms with Crippen LogP contribution in [0.5, 0.6) is 0 Å². The van der Waals surface area contributed by atoms with Gasteiger partial charge in [0.2, 0.25) is 5.91 Å². The van der Waals surface area contributed by atoms with Crippen LogP contribution in [0.1, 0.15) is 66.9 Å². The minimum Gasteiger partial charge on any atom is -0.350 e. The lowest BCUT2D eigenvalue weighted by Crippen LogP contribution is -2.37. The molecule has 1 fully saturated rings. The summed E-state index contributed by atoms with van der Waals surface area (Å²) in [7, 11) is 0. The minimum atomic E-state index is -4.15. The van der Waals surface area contributed by atoms with Crippen LogP contribution in [0.4, 0.5) is 13.2 Å². The van der Waals surface area contributed by atoms with E-state index in [0.717, 1.165) is 75.8 Å². The first kappa shape index (κ1) is 27.2. The largest absolute Gasteiger partial charge is 0.389 e. The van der Waals surface area contributed by atoms with Gasteiger partial charge in [-0.1, -0.05) is 6.07 Å². The van der Waals surface area contributed by atoms with Gasteiger partial charge >= 0.3 is 6.18 Å². The van der Waals surface area contributed by atoms with Crippen LogP contribution < -0.4 is 5.32 Å². The predicted octanol–water partition coefficient (Wildman–Crippen LogP) is 4.85. The van der Waals surface area contributed by atoms with E-state index in [1.165, 1.54) is 5.56 Å². The summed E-state index contributed by atoms with van der Waals surface area (Å²) < 4.78 is 37.7. The molecule has 9 heteroatoms. The van der Waals surface area contributed by atoms with Gasteiger partial charge in [-0.15, -0.1) is 0 Å². The first-order valence-electron chi connectivity index (χ1n) is 13.3. The van der Waals surface area contributed by atoms with Gasteiger partial charge in [-0.2, -0.15) is 13.2 Å². The van der Waals surface area contributed by atoms with Crippen LogP contribution in [0.25, 0.3) is 6.08 Å². The molecular weight excluding hydrogens is 479 g/mol. The highest BCUT2D eigenvalue weighted by Gasteiger charge is 2.27. The van der Waals surface area contributed by atoms with Gasteiger partial charge in [0.25, 0.3) is 0 Å². The summed E-state index contributed by atoms with van der Waals surface area (Å²) in [5.41, 5.74) is 3.47. The van der Waals surface area contributed by atoms with Gasteiger partial charge in [0, 0.05) is 67.4 Å². The molecule has 1 N–H and O–H groups in total. The van der Waals surface area contributed by atoms with Crippen LogP contribution in [-0.2, 0) is 24.1 Å². The molecule has 0 saturated heterocycles. The summed E-state index contributed by atoms with van der Waals surface area (Å²) in [6.45, 7) is 4.70. The molecule has 2 aromatic rings. The lowest BCUT2D eigenvalue weighted by atomic mass is 9.84. The van der Waals surface area contributed by atoms with Gasteiger partial charge in [-0.05, 0) is 82.0 Å². The van der Waals surface area contributed by atoms with E-state index in [9.17, 15) is 18.0 Å². The molecule has 6 nitrogen and oxygen atoms in total. The van der Waals surface area contributed by atoms with Crippen molar-refractivity contribution in [1.29, 1.82) is 0 Å². The van der Waals surface area contributed by atoms with Gasteiger partial charge in [0.05, 0.1) is 0 Å². The summed E-state index contributed by atoms with van der Waals surface area (Å²) in [5, 5.41) is 3.12. The molecular formula is C28H36F3N5O. The maximum atomic E-state index is 12.6. The molecule has 4 rings (SSSR count). The summed E-state index contributed by atoms with van der Waals surface area (Å²) >= 11 is 0. The van der Waals surface area contributed by atoms with Crippen LogP contribution in [0, 0.1) is 12.8 Å². The Morgan fingerprint density at radius 3 is 2.57 bits per heavy atom. The number of halogens is 3. The molecule has 1 saturated carbocycles. The van der Waals surface area contributed by atoms with Gasteiger partial charge in [0.1, 0.15) is 5.82 Å². The fraction of sp³-hybridized carbons (Fsp3) is 0.571. The van der Waals surface area contributed by atoms with Crippen molar-refractivity contribution in [2.45, 2.75) is 76.9 Å². The smallest absolute Gasteiger partial charge is 0.350 e. The number of rotatable bonds is 8. The fourth-order valence-electron chi connectivity index (χ4n) is 5.18. The summed E-state index contributed by atoms with van der Waals surface area (Å²) in [5.74, 6) is 1.28. The normalized spacial score (nSPS) is 21.0. The third kappa shape index (κ3) is 8.91. The van der Waals surface area contributed by atoms with E-state index in [-0.39, 0.29) is 18.4 Å². The zero-order chi connectivity index (χ0) is 26.3. The van der Waals surface area contributed by atoms with E-state index >= 15 is 0 Å². The molecule has 1 aliphatic carbocycles. The summed E-state index contributed by atoms with van der Waals surface area (Å²) in [6, 6.07) is 3.94. The third-order valence-electron chi connectivity index (χ3n) is 7.43. The Labute approximate surface area is 216 Å². The summed E-state index contributed by atoms with van der Waals surface area (Å²) in [6.07, 6.45) is 8.68. The quantitative estimate of drug-likeness (QED) is 0.509. The number of nitrogens with zero attached hydrogens (tertiary/aromatic N) is 4. The zero-order valence-corrected chi connectivity index (χ0v) is 21.4. The number of amides is 1. The Bertz CT molecular complexity index is 1060. The molecule has 2 aromatic heterocycles. The van der Waals surface area contributed by atoms with Crippen molar-refractivity contribution in [2.24, 2.45) is 5.92 Å².